The summed E-state index contributed by atoms with van der Waals surface area (Å²) in [5.41, 5.74) is 1.31. The molecule has 0 aliphatic carbocycles. The Morgan fingerprint density at radius 1 is 1.05 bits per heavy atom. The third kappa shape index (κ3) is 2.22. The van der Waals surface area contributed by atoms with E-state index in [0.717, 1.165) is 16.9 Å². The van der Waals surface area contributed by atoms with E-state index in [4.69, 9.17) is 0 Å². The van der Waals surface area contributed by atoms with E-state index >= 15 is 0 Å². The highest BCUT2D eigenvalue weighted by Gasteiger charge is 2.13. The fraction of sp³-hybridized carbons (Fsp3) is 0.0667. The average Bonchev–Trinajstić information content (AvgIpc) is 2.45. The Morgan fingerprint density at radius 3 is 2.58 bits per heavy atom. The molecule has 0 N–H and O–H groups in total. The molecule has 3 rings (SSSR count). The SMILES string of the molecule is O=c1sc2cccc[n+]2c([O-])c1Cc1ccccc1. The largest absolute Gasteiger partial charge is 0.822 e. The molecule has 0 radical (unpaired) electrons. The van der Waals surface area contributed by atoms with Crippen molar-refractivity contribution in [2.45, 2.75) is 6.42 Å². The summed E-state index contributed by atoms with van der Waals surface area (Å²) in [6.07, 6.45) is 2.08. The van der Waals surface area contributed by atoms with E-state index in [1.54, 1.807) is 18.3 Å². The molecule has 0 aliphatic rings. The van der Waals surface area contributed by atoms with Crippen LogP contribution in [0, 0.1) is 0 Å². The Morgan fingerprint density at radius 2 is 1.79 bits per heavy atom. The van der Waals surface area contributed by atoms with Gasteiger partial charge >= 0.3 is 0 Å². The molecule has 0 aliphatic heterocycles. The van der Waals surface area contributed by atoms with Crippen LogP contribution in [0.4, 0.5) is 0 Å². The molecule has 0 amide bonds. The summed E-state index contributed by atoms with van der Waals surface area (Å²) < 4.78 is 1.38. The quantitative estimate of drug-likeness (QED) is 0.662. The first-order valence-corrected chi connectivity index (χ1v) is 6.74. The summed E-state index contributed by atoms with van der Waals surface area (Å²) in [6, 6.07) is 15.0. The molecule has 2 heterocycles. The van der Waals surface area contributed by atoms with Crippen LogP contribution >= 0.6 is 11.3 Å². The number of hydrogen-bond acceptors (Lipinski definition) is 3. The van der Waals surface area contributed by atoms with Gasteiger partial charge in [-0.3, -0.25) is 4.79 Å². The molecule has 0 fully saturated rings. The Balaban J connectivity index is 2.16. The molecule has 0 saturated carbocycles. The van der Waals surface area contributed by atoms with Crippen LogP contribution in [0.25, 0.3) is 4.83 Å². The topological polar surface area (TPSA) is 44.2 Å². The van der Waals surface area contributed by atoms with Crippen molar-refractivity contribution in [3.63, 3.8) is 0 Å². The molecule has 19 heavy (non-hydrogen) atoms. The number of benzene rings is 1. The van der Waals surface area contributed by atoms with E-state index in [2.05, 4.69) is 0 Å². The van der Waals surface area contributed by atoms with Gasteiger partial charge in [0.05, 0.1) is 5.56 Å². The summed E-state index contributed by atoms with van der Waals surface area (Å²) in [6.45, 7) is 0. The number of aromatic nitrogens is 1. The second-order valence-electron chi connectivity index (χ2n) is 4.24. The van der Waals surface area contributed by atoms with E-state index in [9.17, 15) is 9.90 Å². The molecule has 0 spiro atoms. The fourth-order valence-electron chi connectivity index (χ4n) is 2.02. The number of fused-ring (bicyclic) bond motifs is 1. The Kier molecular flexibility index (Phi) is 3.01. The lowest BCUT2D eigenvalue weighted by Crippen LogP contribution is -2.31. The summed E-state index contributed by atoms with van der Waals surface area (Å²) >= 11 is 1.11. The maximum absolute atomic E-state index is 12.3. The maximum atomic E-state index is 12.3. The smallest absolute Gasteiger partial charge is 0.269 e. The van der Waals surface area contributed by atoms with Crippen molar-refractivity contribution in [3.8, 4) is 5.88 Å². The molecule has 0 saturated heterocycles. The van der Waals surface area contributed by atoms with Gasteiger partial charge < -0.3 is 5.11 Å². The maximum Gasteiger partial charge on any atom is 0.269 e. The standard InChI is InChI=1S/C15H11NO2S/c17-14-12(10-11-6-2-1-3-7-11)15(18)19-13-8-4-5-9-16(13)14/h1-9H,10H2. The predicted molar refractivity (Wildman–Crippen MR) is 72.4 cm³/mol. The highest BCUT2D eigenvalue weighted by atomic mass is 32.1. The van der Waals surface area contributed by atoms with Crippen LogP contribution in [0.3, 0.4) is 0 Å². The van der Waals surface area contributed by atoms with Gasteiger partial charge in [0.15, 0.2) is 12.1 Å². The molecular formula is C15H11NO2S. The van der Waals surface area contributed by atoms with Crippen LogP contribution in [-0.2, 0) is 6.42 Å². The zero-order valence-electron chi connectivity index (χ0n) is 10.1. The van der Waals surface area contributed by atoms with Gasteiger partial charge in [0.1, 0.15) is 0 Å². The summed E-state index contributed by atoms with van der Waals surface area (Å²) in [7, 11) is 0. The van der Waals surface area contributed by atoms with Crippen LogP contribution in [-0.4, -0.2) is 0 Å². The molecule has 4 heteroatoms. The zero-order chi connectivity index (χ0) is 13.2. The predicted octanol–water partition coefficient (Wildman–Crippen LogP) is 1.51. The van der Waals surface area contributed by atoms with Gasteiger partial charge in [-0.05, 0) is 23.0 Å². The molecule has 94 valence electrons. The third-order valence-corrected chi connectivity index (χ3v) is 3.94. The molecular weight excluding hydrogens is 258 g/mol. The number of pyridine rings is 1. The van der Waals surface area contributed by atoms with Crippen molar-refractivity contribution in [3.05, 3.63) is 75.4 Å². The molecule has 0 unspecified atom stereocenters. The monoisotopic (exact) mass is 269 g/mol. The van der Waals surface area contributed by atoms with Crippen LogP contribution < -0.4 is 14.2 Å². The summed E-state index contributed by atoms with van der Waals surface area (Å²) in [4.78, 5) is 12.7. The number of nitrogens with zero attached hydrogens (tertiary/aromatic N) is 1. The van der Waals surface area contributed by atoms with Gasteiger partial charge in [0.25, 0.3) is 4.83 Å². The van der Waals surface area contributed by atoms with E-state index in [0.29, 0.717) is 16.8 Å². The van der Waals surface area contributed by atoms with Crippen molar-refractivity contribution in [1.29, 1.82) is 0 Å². The fourth-order valence-corrected chi connectivity index (χ4v) is 2.88. The van der Waals surface area contributed by atoms with Crippen molar-refractivity contribution < 1.29 is 9.51 Å². The van der Waals surface area contributed by atoms with Crippen LogP contribution in [0.1, 0.15) is 11.1 Å². The van der Waals surface area contributed by atoms with E-state index < -0.39 is 0 Å². The van der Waals surface area contributed by atoms with E-state index in [1.807, 2.05) is 36.4 Å². The molecule has 2 aromatic heterocycles. The molecule has 0 bridgehead atoms. The number of hydrogen-bond donors (Lipinski definition) is 0. The van der Waals surface area contributed by atoms with Crippen molar-refractivity contribution >= 4 is 16.2 Å². The average molecular weight is 269 g/mol. The number of rotatable bonds is 2. The Hall–Kier alpha value is -2.20. The minimum Gasteiger partial charge on any atom is -0.822 e. The minimum absolute atomic E-state index is 0.153. The van der Waals surface area contributed by atoms with Gasteiger partial charge in [-0.2, -0.15) is 4.40 Å². The summed E-state index contributed by atoms with van der Waals surface area (Å²) in [5.74, 6) is -0.219. The first-order valence-electron chi connectivity index (χ1n) is 5.93. The van der Waals surface area contributed by atoms with Gasteiger partial charge in [-0.15, -0.1) is 0 Å². The van der Waals surface area contributed by atoms with Crippen LogP contribution in [0.5, 0.6) is 5.88 Å². The Labute approximate surface area is 114 Å². The normalized spacial score (nSPS) is 10.7. The van der Waals surface area contributed by atoms with Gasteiger partial charge in [0, 0.05) is 18.6 Å². The zero-order valence-corrected chi connectivity index (χ0v) is 10.9. The Bertz CT molecular complexity index is 781. The highest BCUT2D eigenvalue weighted by molar-refractivity contribution is 7.14. The minimum atomic E-state index is -0.219. The van der Waals surface area contributed by atoms with Crippen molar-refractivity contribution in [2.24, 2.45) is 0 Å². The molecule has 3 aromatic rings. The molecule has 3 nitrogen and oxygen atoms in total. The molecule has 0 atom stereocenters. The van der Waals surface area contributed by atoms with Crippen molar-refractivity contribution in [2.75, 3.05) is 0 Å². The highest BCUT2D eigenvalue weighted by Crippen LogP contribution is 2.14. The van der Waals surface area contributed by atoms with Gasteiger partial charge in [-0.1, -0.05) is 30.3 Å². The summed E-state index contributed by atoms with van der Waals surface area (Å²) in [5, 5.41) is 12.3. The lowest BCUT2D eigenvalue weighted by Gasteiger charge is -2.08. The second-order valence-corrected chi connectivity index (χ2v) is 5.24. The lowest BCUT2D eigenvalue weighted by molar-refractivity contribution is -0.583. The van der Waals surface area contributed by atoms with E-state index in [1.165, 1.54) is 4.40 Å². The van der Waals surface area contributed by atoms with Crippen LogP contribution in [0.15, 0.2) is 59.5 Å². The van der Waals surface area contributed by atoms with E-state index in [-0.39, 0.29) is 10.6 Å². The van der Waals surface area contributed by atoms with Gasteiger partial charge in [-0.25, -0.2) is 0 Å². The third-order valence-electron chi connectivity index (χ3n) is 2.97. The second kappa shape index (κ2) is 4.82. The first-order chi connectivity index (χ1) is 9.25. The molecule has 1 aromatic carbocycles. The van der Waals surface area contributed by atoms with Crippen molar-refractivity contribution in [1.82, 2.24) is 0 Å². The van der Waals surface area contributed by atoms with Gasteiger partial charge in [0.2, 0.25) is 4.74 Å². The van der Waals surface area contributed by atoms with Crippen LogP contribution in [0.2, 0.25) is 0 Å². The lowest BCUT2D eigenvalue weighted by atomic mass is 10.1. The first kappa shape index (κ1) is 11.9.